The lowest BCUT2D eigenvalue weighted by Gasteiger charge is -2.31. The zero-order valence-corrected chi connectivity index (χ0v) is 13.0. The topological polar surface area (TPSA) is 66.7 Å². The number of carbonyl (C=O) groups is 2. The number of anilines is 1. The molecule has 6 nitrogen and oxygen atoms in total. The standard InChI is InChI=1S/C16H20N4O2/c1-16(2,3)20-10-11(8-13(20)21)14(22)18-15-17-9-12-6-4-5-7-19(12)15/h4-7,9,11H,8,10H2,1-3H3,(H,17,18,22). The van der Waals surface area contributed by atoms with Gasteiger partial charge in [-0.3, -0.25) is 19.3 Å². The van der Waals surface area contributed by atoms with Gasteiger partial charge in [-0.2, -0.15) is 0 Å². The van der Waals surface area contributed by atoms with Crippen molar-refractivity contribution >= 4 is 23.3 Å². The summed E-state index contributed by atoms with van der Waals surface area (Å²) in [7, 11) is 0. The van der Waals surface area contributed by atoms with E-state index in [0.717, 1.165) is 5.52 Å². The van der Waals surface area contributed by atoms with Gasteiger partial charge in [-0.1, -0.05) is 6.07 Å². The van der Waals surface area contributed by atoms with Crippen LogP contribution in [0.1, 0.15) is 27.2 Å². The molecule has 1 aliphatic rings. The van der Waals surface area contributed by atoms with Crippen LogP contribution in [0.3, 0.4) is 0 Å². The Bertz CT molecular complexity index is 729. The number of amides is 2. The molecule has 0 bridgehead atoms. The van der Waals surface area contributed by atoms with Crippen LogP contribution >= 0.6 is 0 Å². The second-order valence-electron chi connectivity index (χ2n) is 6.64. The van der Waals surface area contributed by atoms with Crippen molar-refractivity contribution in [3.05, 3.63) is 30.6 Å². The molecule has 2 aromatic heterocycles. The number of hydrogen-bond acceptors (Lipinski definition) is 3. The molecular weight excluding hydrogens is 280 g/mol. The lowest BCUT2D eigenvalue weighted by atomic mass is 10.1. The third-order valence-electron chi connectivity index (χ3n) is 3.98. The number of carbonyl (C=O) groups excluding carboxylic acids is 2. The van der Waals surface area contributed by atoms with Gasteiger partial charge in [0.1, 0.15) is 0 Å². The molecule has 0 saturated carbocycles. The van der Waals surface area contributed by atoms with Crippen LogP contribution in [0.5, 0.6) is 0 Å². The SMILES string of the molecule is CC(C)(C)N1CC(C(=O)Nc2ncc3ccccn23)CC1=O. The Labute approximate surface area is 129 Å². The summed E-state index contributed by atoms with van der Waals surface area (Å²) in [5.41, 5.74) is 0.656. The van der Waals surface area contributed by atoms with Gasteiger partial charge in [0.05, 0.1) is 17.6 Å². The van der Waals surface area contributed by atoms with Crippen LogP contribution in [-0.4, -0.2) is 38.2 Å². The van der Waals surface area contributed by atoms with E-state index in [-0.39, 0.29) is 29.7 Å². The maximum atomic E-state index is 12.4. The van der Waals surface area contributed by atoms with Crippen LogP contribution < -0.4 is 5.32 Å². The predicted molar refractivity (Wildman–Crippen MR) is 83.4 cm³/mol. The molecule has 1 unspecified atom stereocenters. The highest BCUT2D eigenvalue weighted by Crippen LogP contribution is 2.26. The minimum absolute atomic E-state index is 0.0284. The Hall–Kier alpha value is -2.37. The first kappa shape index (κ1) is 14.6. The molecule has 3 rings (SSSR count). The molecule has 0 aromatic carbocycles. The maximum absolute atomic E-state index is 12.4. The second kappa shape index (κ2) is 5.12. The number of hydrogen-bond donors (Lipinski definition) is 1. The normalized spacial score (nSPS) is 19.0. The van der Waals surface area contributed by atoms with Crippen molar-refractivity contribution < 1.29 is 9.59 Å². The van der Waals surface area contributed by atoms with Crippen LogP contribution in [0.15, 0.2) is 30.6 Å². The molecule has 3 heterocycles. The highest BCUT2D eigenvalue weighted by molar-refractivity contribution is 5.96. The smallest absolute Gasteiger partial charge is 0.232 e. The quantitative estimate of drug-likeness (QED) is 0.921. The van der Waals surface area contributed by atoms with Crippen molar-refractivity contribution in [3.63, 3.8) is 0 Å². The third-order valence-corrected chi connectivity index (χ3v) is 3.98. The van der Waals surface area contributed by atoms with E-state index in [4.69, 9.17) is 0 Å². The number of fused-ring (bicyclic) bond motifs is 1. The number of rotatable bonds is 2. The van der Waals surface area contributed by atoms with Gasteiger partial charge in [0.15, 0.2) is 0 Å². The summed E-state index contributed by atoms with van der Waals surface area (Å²) in [6.07, 6.45) is 3.81. The molecule has 1 aliphatic heterocycles. The van der Waals surface area contributed by atoms with Crippen molar-refractivity contribution in [2.75, 3.05) is 11.9 Å². The van der Waals surface area contributed by atoms with E-state index in [0.29, 0.717) is 12.5 Å². The minimum Gasteiger partial charge on any atom is -0.337 e. The molecule has 22 heavy (non-hydrogen) atoms. The maximum Gasteiger partial charge on any atom is 0.232 e. The number of aromatic nitrogens is 2. The minimum atomic E-state index is -0.331. The number of pyridine rings is 1. The Balaban J connectivity index is 1.74. The van der Waals surface area contributed by atoms with Gasteiger partial charge in [0, 0.05) is 24.7 Å². The van der Waals surface area contributed by atoms with Gasteiger partial charge in [0.2, 0.25) is 17.8 Å². The van der Waals surface area contributed by atoms with Crippen LogP contribution in [0.25, 0.3) is 5.52 Å². The first-order chi connectivity index (χ1) is 10.4. The summed E-state index contributed by atoms with van der Waals surface area (Å²) in [6.45, 7) is 6.39. The molecular formula is C16H20N4O2. The third kappa shape index (κ3) is 2.56. The van der Waals surface area contributed by atoms with Gasteiger partial charge < -0.3 is 4.90 Å². The molecule has 116 valence electrons. The van der Waals surface area contributed by atoms with Crippen LogP contribution in [0, 0.1) is 5.92 Å². The summed E-state index contributed by atoms with van der Waals surface area (Å²) in [5.74, 6) is 0.0297. The van der Waals surface area contributed by atoms with E-state index in [1.54, 1.807) is 11.1 Å². The average molecular weight is 300 g/mol. The predicted octanol–water partition coefficient (Wildman–Crippen LogP) is 1.92. The number of likely N-dealkylation sites (tertiary alicyclic amines) is 1. The Morgan fingerprint density at radius 1 is 1.36 bits per heavy atom. The molecule has 0 spiro atoms. The van der Waals surface area contributed by atoms with E-state index in [1.165, 1.54) is 0 Å². The first-order valence-corrected chi connectivity index (χ1v) is 7.39. The molecule has 0 aliphatic carbocycles. The number of imidazole rings is 1. The molecule has 6 heteroatoms. The highest BCUT2D eigenvalue weighted by Gasteiger charge is 2.39. The van der Waals surface area contributed by atoms with Crippen molar-refractivity contribution in [3.8, 4) is 0 Å². The molecule has 2 aromatic rings. The van der Waals surface area contributed by atoms with Crippen molar-refractivity contribution in [1.82, 2.24) is 14.3 Å². The second-order valence-corrected chi connectivity index (χ2v) is 6.64. The van der Waals surface area contributed by atoms with Crippen LogP contribution in [0.4, 0.5) is 5.95 Å². The van der Waals surface area contributed by atoms with E-state index < -0.39 is 0 Å². The molecule has 0 radical (unpaired) electrons. The molecule has 1 atom stereocenters. The number of nitrogens with one attached hydrogen (secondary N) is 1. The first-order valence-electron chi connectivity index (χ1n) is 7.39. The Morgan fingerprint density at radius 3 is 2.82 bits per heavy atom. The molecule has 2 amide bonds. The zero-order valence-electron chi connectivity index (χ0n) is 13.0. The fraction of sp³-hybridized carbons (Fsp3) is 0.438. The van der Waals surface area contributed by atoms with Crippen molar-refractivity contribution in [2.24, 2.45) is 5.92 Å². The summed E-state index contributed by atoms with van der Waals surface area (Å²) < 4.78 is 1.82. The highest BCUT2D eigenvalue weighted by atomic mass is 16.2. The summed E-state index contributed by atoms with van der Waals surface area (Å²) in [6, 6.07) is 5.72. The van der Waals surface area contributed by atoms with Crippen LogP contribution in [0.2, 0.25) is 0 Å². The largest absolute Gasteiger partial charge is 0.337 e. The van der Waals surface area contributed by atoms with E-state index >= 15 is 0 Å². The lowest BCUT2D eigenvalue weighted by molar-refractivity contribution is -0.131. The van der Waals surface area contributed by atoms with Gasteiger partial charge in [-0.25, -0.2) is 4.98 Å². The fourth-order valence-electron chi connectivity index (χ4n) is 2.78. The average Bonchev–Trinajstić information content (AvgIpc) is 3.03. The Morgan fingerprint density at radius 2 is 2.14 bits per heavy atom. The molecule has 1 fully saturated rings. The lowest BCUT2D eigenvalue weighted by Crippen LogP contribution is -2.42. The summed E-state index contributed by atoms with van der Waals surface area (Å²) in [4.78, 5) is 30.5. The van der Waals surface area contributed by atoms with E-state index in [9.17, 15) is 9.59 Å². The molecule has 1 N–H and O–H groups in total. The van der Waals surface area contributed by atoms with Gasteiger partial charge in [-0.15, -0.1) is 0 Å². The number of nitrogens with zero attached hydrogens (tertiary/aromatic N) is 3. The van der Waals surface area contributed by atoms with Gasteiger partial charge in [-0.05, 0) is 32.9 Å². The fourth-order valence-corrected chi connectivity index (χ4v) is 2.78. The van der Waals surface area contributed by atoms with E-state index in [1.807, 2.05) is 49.6 Å². The van der Waals surface area contributed by atoms with Crippen molar-refractivity contribution in [1.29, 1.82) is 0 Å². The summed E-state index contributed by atoms with van der Waals surface area (Å²) in [5, 5.41) is 2.83. The zero-order chi connectivity index (χ0) is 15.9. The van der Waals surface area contributed by atoms with Crippen molar-refractivity contribution in [2.45, 2.75) is 32.7 Å². The summed E-state index contributed by atoms with van der Waals surface area (Å²) >= 11 is 0. The molecule has 1 saturated heterocycles. The Kier molecular flexibility index (Phi) is 3.39. The van der Waals surface area contributed by atoms with Gasteiger partial charge in [0.25, 0.3) is 0 Å². The van der Waals surface area contributed by atoms with Crippen LogP contribution in [-0.2, 0) is 9.59 Å². The van der Waals surface area contributed by atoms with Gasteiger partial charge >= 0.3 is 0 Å². The van der Waals surface area contributed by atoms with E-state index in [2.05, 4.69) is 10.3 Å². The monoisotopic (exact) mass is 300 g/mol.